The van der Waals surface area contributed by atoms with Crippen molar-refractivity contribution in [2.24, 2.45) is 0 Å². The summed E-state index contributed by atoms with van der Waals surface area (Å²) in [5.41, 5.74) is -3.38. The first-order chi connectivity index (χ1) is 18.2. The number of nitrogens with one attached hydrogen (secondary N) is 2. The molecular formula is C24H21F7N6O2. The normalized spacial score (nSPS) is 15.2. The van der Waals surface area contributed by atoms with Gasteiger partial charge >= 0.3 is 12.4 Å². The molecule has 0 amide bonds. The van der Waals surface area contributed by atoms with Gasteiger partial charge in [-0.05, 0) is 48.9 Å². The Bertz CT molecular complexity index is 1420. The lowest BCUT2D eigenvalue weighted by molar-refractivity contribution is -0.139. The molecule has 1 aromatic carbocycles. The lowest BCUT2D eigenvalue weighted by atomic mass is 9.99. The van der Waals surface area contributed by atoms with Gasteiger partial charge in [0.1, 0.15) is 11.4 Å². The minimum atomic E-state index is -4.93. The van der Waals surface area contributed by atoms with Crippen molar-refractivity contribution in [2.75, 3.05) is 11.9 Å². The highest BCUT2D eigenvalue weighted by Gasteiger charge is 2.38. The Kier molecular flexibility index (Phi) is 7.63. The van der Waals surface area contributed by atoms with Gasteiger partial charge < -0.3 is 15.3 Å². The lowest BCUT2D eigenvalue weighted by Crippen LogP contribution is -2.36. The molecule has 2 aromatic heterocycles. The molecule has 0 spiro atoms. The Morgan fingerprint density at radius 1 is 1.10 bits per heavy atom. The molecule has 8 nitrogen and oxygen atoms in total. The third-order valence-corrected chi connectivity index (χ3v) is 6.10. The summed E-state index contributed by atoms with van der Waals surface area (Å²) in [5, 5.41) is 18.1. The maximum atomic E-state index is 14.8. The van der Waals surface area contributed by atoms with E-state index in [0.717, 1.165) is 6.20 Å². The molecule has 0 unspecified atom stereocenters. The average Bonchev–Trinajstić information content (AvgIpc) is 2.85. The van der Waals surface area contributed by atoms with Crippen LogP contribution < -0.4 is 10.9 Å². The number of hydrogen-bond donors (Lipinski definition) is 3. The molecule has 0 aliphatic carbocycles. The Balaban J connectivity index is 1.40. The highest BCUT2D eigenvalue weighted by Crippen LogP contribution is 2.33. The van der Waals surface area contributed by atoms with Crippen molar-refractivity contribution in [1.29, 1.82) is 0 Å². The number of anilines is 1. The van der Waals surface area contributed by atoms with Crippen molar-refractivity contribution >= 4 is 11.8 Å². The van der Waals surface area contributed by atoms with Crippen LogP contribution in [-0.4, -0.2) is 48.9 Å². The van der Waals surface area contributed by atoms with Crippen molar-refractivity contribution in [1.82, 2.24) is 25.1 Å². The van der Waals surface area contributed by atoms with E-state index in [4.69, 9.17) is 0 Å². The van der Waals surface area contributed by atoms with Gasteiger partial charge in [0.05, 0.1) is 29.1 Å². The van der Waals surface area contributed by atoms with Gasteiger partial charge in [0.15, 0.2) is 5.82 Å². The van der Waals surface area contributed by atoms with Crippen molar-refractivity contribution < 1.29 is 35.8 Å². The molecule has 39 heavy (non-hydrogen) atoms. The van der Waals surface area contributed by atoms with Crippen LogP contribution in [0.3, 0.4) is 0 Å². The lowest BCUT2D eigenvalue weighted by Gasteiger charge is -2.28. The number of fused-ring (bicyclic) bond motifs is 1. The van der Waals surface area contributed by atoms with Gasteiger partial charge in [-0.15, -0.1) is 0 Å². The maximum Gasteiger partial charge on any atom is 0.423 e. The molecule has 2 atom stereocenters. The van der Waals surface area contributed by atoms with E-state index in [9.17, 15) is 40.6 Å². The van der Waals surface area contributed by atoms with Crippen LogP contribution in [0.5, 0.6) is 0 Å². The molecule has 4 rings (SSSR count). The van der Waals surface area contributed by atoms with Gasteiger partial charge in [0, 0.05) is 31.5 Å². The molecule has 0 saturated heterocycles. The Labute approximate surface area is 216 Å². The fourth-order valence-corrected chi connectivity index (χ4v) is 4.00. The Morgan fingerprint density at radius 3 is 2.44 bits per heavy atom. The zero-order valence-corrected chi connectivity index (χ0v) is 20.1. The molecule has 0 bridgehead atoms. The number of aliphatic hydroxyl groups excluding tert-OH is 1. The van der Waals surface area contributed by atoms with Crippen LogP contribution in [0.25, 0.3) is 17.5 Å². The number of benzene rings is 1. The second kappa shape index (κ2) is 10.6. The first-order valence-corrected chi connectivity index (χ1v) is 11.5. The predicted octanol–water partition coefficient (Wildman–Crippen LogP) is 4.44. The summed E-state index contributed by atoms with van der Waals surface area (Å²) in [7, 11) is 0. The number of H-pyrrole nitrogens is 1. The summed E-state index contributed by atoms with van der Waals surface area (Å²) < 4.78 is 92.8. The van der Waals surface area contributed by atoms with E-state index in [1.54, 1.807) is 22.3 Å². The maximum absolute atomic E-state index is 14.8. The van der Waals surface area contributed by atoms with Crippen molar-refractivity contribution in [3.63, 3.8) is 0 Å². The van der Waals surface area contributed by atoms with Gasteiger partial charge in [-0.25, -0.2) is 19.5 Å². The molecule has 0 fully saturated rings. The summed E-state index contributed by atoms with van der Waals surface area (Å²) in [4.78, 5) is 20.6. The molecule has 3 aromatic rings. The summed E-state index contributed by atoms with van der Waals surface area (Å²) in [6, 6.07) is 1.77. The first-order valence-electron chi connectivity index (χ1n) is 11.5. The third-order valence-electron chi connectivity index (χ3n) is 6.10. The number of aromatic nitrogens is 4. The monoisotopic (exact) mass is 558 g/mol. The zero-order valence-electron chi connectivity index (χ0n) is 20.1. The van der Waals surface area contributed by atoms with Gasteiger partial charge in [0.2, 0.25) is 0 Å². The van der Waals surface area contributed by atoms with Gasteiger partial charge in [0.25, 0.3) is 5.56 Å². The van der Waals surface area contributed by atoms with Gasteiger partial charge in [-0.1, -0.05) is 0 Å². The van der Waals surface area contributed by atoms with Crippen LogP contribution in [-0.2, 0) is 18.9 Å². The number of hydrogen-bond acceptors (Lipinski definition) is 7. The fraction of sp³-hybridized carbons (Fsp3) is 0.333. The SMILES string of the molecule is C[C@H](Nc1cn[nH]c(=O)c1C(F)(F)F)[C@@H](O)CCN1C=Cc2cc(-c3ncc(C(F)(F)F)cn3)c(F)cc2C1. The highest BCUT2D eigenvalue weighted by molar-refractivity contribution is 5.66. The van der Waals surface area contributed by atoms with Crippen LogP contribution in [0.2, 0.25) is 0 Å². The van der Waals surface area contributed by atoms with Crippen LogP contribution in [0.4, 0.5) is 36.4 Å². The van der Waals surface area contributed by atoms with E-state index >= 15 is 0 Å². The summed E-state index contributed by atoms with van der Waals surface area (Å²) in [6.45, 7) is 1.95. The van der Waals surface area contributed by atoms with E-state index < -0.39 is 52.7 Å². The molecule has 0 saturated carbocycles. The van der Waals surface area contributed by atoms with Crippen LogP contribution in [0, 0.1) is 5.82 Å². The number of aromatic amines is 1. The standard InChI is InChI=1S/C24H21F7N6O2/c1-12(35-18-10-34-36-22(39)20(18)24(29,30)31)19(38)3-5-37-4-2-13-6-16(17(25)7-14(13)11-37)21-32-8-15(9-33-21)23(26,27)28/h2,4,6-10,12,19,38H,3,5,11H2,1H3,(H2,35,36,39)/t12-,19-/m0/s1. The molecule has 1 aliphatic heterocycles. The number of nitrogens with zero attached hydrogens (tertiary/aromatic N) is 4. The largest absolute Gasteiger partial charge is 0.423 e. The van der Waals surface area contributed by atoms with Crippen molar-refractivity contribution in [3.05, 3.63) is 75.3 Å². The highest BCUT2D eigenvalue weighted by atomic mass is 19.4. The molecule has 208 valence electrons. The minimum Gasteiger partial charge on any atom is -0.391 e. The predicted molar refractivity (Wildman–Crippen MR) is 125 cm³/mol. The molecular weight excluding hydrogens is 537 g/mol. The number of alkyl halides is 6. The van der Waals surface area contributed by atoms with Crippen LogP contribution >= 0.6 is 0 Å². The topological polar surface area (TPSA) is 107 Å². The van der Waals surface area contributed by atoms with Crippen LogP contribution in [0.1, 0.15) is 35.6 Å². The fourth-order valence-electron chi connectivity index (χ4n) is 4.00. The summed E-state index contributed by atoms with van der Waals surface area (Å²) >= 11 is 0. The second-order valence-electron chi connectivity index (χ2n) is 8.88. The van der Waals surface area contributed by atoms with E-state index in [-0.39, 0.29) is 30.9 Å². The second-order valence-corrected chi connectivity index (χ2v) is 8.88. The van der Waals surface area contributed by atoms with E-state index in [0.29, 0.717) is 23.5 Å². The Hall–Kier alpha value is -4.01. The average molecular weight is 558 g/mol. The van der Waals surface area contributed by atoms with E-state index in [1.807, 2.05) is 0 Å². The molecule has 15 heteroatoms. The number of rotatable bonds is 7. The van der Waals surface area contributed by atoms with Gasteiger partial charge in [-0.3, -0.25) is 4.79 Å². The smallest absolute Gasteiger partial charge is 0.391 e. The molecule has 0 radical (unpaired) electrons. The van der Waals surface area contributed by atoms with Crippen molar-refractivity contribution in [3.8, 4) is 11.4 Å². The number of aliphatic hydroxyl groups is 1. The van der Waals surface area contributed by atoms with Crippen LogP contribution in [0.15, 0.2) is 41.7 Å². The Morgan fingerprint density at radius 2 is 1.79 bits per heavy atom. The first kappa shape index (κ1) is 28.0. The zero-order chi connectivity index (χ0) is 28.5. The third kappa shape index (κ3) is 6.35. The quantitative estimate of drug-likeness (QED) is 0.368. The minimum absolute atomic E-state index is 0.0663. The van der Waals surface area contributed by atoms with E-state index in [1.165, 1.54) is 19.1 Å². The van der Waals surface area contributed by atoms with Crippen molar-refractivity contribution in [2.45, 2.75) is 44.4 Å². The molecule has 1 aliphatic rings. The summed E-state index contributed by atoms with van der Waals surface area (Å²) in [5.74, 6) is -0.929. The summed E-state index contributed by atoms with van der Waals surface area (Å²) in [6.07, 6.45) is -5.25. The molecule has 3 N–H and O–H groups in total. The van der Waals surface area contributed by atoms with E-state index in [2.05, 4.69) is 20.4 Å². The molecule has 3 heterocycles. The van der Waals surface area contributed by atoms with Gasteiger partial charge in [-0.2, -0.15) is 31.4 Å². The number of halogens is 7.